The molecule has 4 aromatic rings. The Morgan fingerprint density at radius 2 is 1.68 bits per heavy atom. The van der Waals surface area contributed by atoms with Gasteiger partial charge in [0.1, 0.15) is 5.82 Å². The van der Waals surface area contributed by atoms with Gasteiger partial charge < -0.3 is 25.8 Å². The fraction of sp³-hybridized carbons (Fsp3) is 0.207. The Kier molecular flexibility index (Phi) is 7.51. The number of aliphatic hydroxyl groups excluding tert-OH is 1. The molecule has 0 radical (unpaired) electrons. The highest BCUT2D eigenvalue weighted by atomic mass is 16.5. The summed E-state index contributed by atoms with van der Waals surface area (Å²) in [7, 11) is 0. The molecule has 1 aromatic heterocycles. The first-order valence-corrected chi connectivity index (χ1v) is 12.3. The van der Waals surface area contributed by atoms with Crippen molar-refractivity contribution in [3.63, 3.8) is 0 Å². The Balaban J connectivity index is 1.49. The minimum absolute atomic E-state index is 0.0558. The molecule has 1 aliphatic rings. The van der Waals surface area contributed by atoms with Crippen molar-refractivity contribution in [3.8, 4) is 22.6 Å². The van der Waals surface area contributed by atoms with Crippen molar-refractivity contribution in [2.45, 2.75) is 13.2 Å². The molecule has 1 saturated heterocycles. The molecule has 0 aliphatic carbocycles. The molecule has 0 spiro atoms. The van der Waals surface area contributed by atoms with Crippen LogP contribution in [0.5, 0.6) is 0 Å². The van der Waals surface area contributed by atoms with Crippen molar-refractivity contribution >= 4 is 17.4 Å². The van der Waals surface area contributed by atoms with Crippen LogP contribution in [0.25, 0.3) is 22.6 Å². The minimum atomic E-state index is -0.203. The number of benzene rings is 3. The van der Waals surface area contributed by atoms with Gasteiger partial charge >= 0.3 is 0 Å². The second-order valence-electron chi connectivity index (χ2n) is 8.83. The second-order valence-corrected chi connectivity index (χ2v) is 8.83. The molecule has 1 amide bonds. The molecule has 3 aromatic carbocycles. The van der Waals surface area contributed by atoms with Gasteiger partial charge in [-0.2, -0.15) is 0 Å². The van der Waals surface area contributed by atoms with Gasteiger partial charge in [0, 0.05) is 48.1 Å². The smallest absolute Gasteiger partial charge is 0.255 e. The Labute approximate surface area is 215 Å². The summed E-state index contributed by atoms with van der Waals surface area (Å²) in [6.07, 6.45) is 0. The lowest BCUT2D eigenvalue weighted by atomic mass is 10.1. The predicted octanol–water partition coefficient (Wildman–Crippen LogP) is 3.85. The average Bonchev–Trinajstić information content (AvgIpc) is 2.97. The second kappa shape index (κ2) is 11.3. The molecule has 0 unspecified atom stereocenters. The number of anilines is 2. The number of rotatable bonds is 7. The number of aromatic nitrogens is 2. The maximum Gasteiger partial charge on any atom is 0.255 e. The topological polar surface area (TPSA) is 114 Å². The maximum absolute atomic E-state index is 12.9. The first kappa shape index (κ1) is 24.6. The van der Waals surface area contributed by atoms with Gasteiger partial charge in [0.15, 0.2) is 5.82 Å². The van der Waals surface area contributed by atoms with Crippen LogP contribution in [0, 0.1) is 0 Å². The van der Waals surface area contributed by atoms with E-state index >= 15 is 0 Å². The van der Waals surface area contributed by atoms with Crippen LogP contribution in [0.3, 0.4) is 0 Å². The van der Waals surface area contributed by atoms with Gasteiger partial charge in [0.2, 0.25) is 0 Å². The van der Waals surface area contributed by atoms with Crippen LogP contribution in [0.4, 0.5) is 11.5 Å². The average molecular weight is 496 g/mol. The van der Waals surface area contributed by atoms with E-state index in [1.54, 1.807) is 12.1 Å². The van der Waals surface area contributed by atoms with Gasteiger partial charge in [-0.15, -0.1) is 0 Å². The number of carbonyl (C=O) groups is 1. The molecule has 8 nitrogen and oxygen atoms in total. The van der Waals surface area contributed by atoms with Crippen LogP contribution in [-0.2, 0) is 17.9 Å². The molecule has 37 heavy (non-hydrogen) atoms. The van der Waals surface area contributed by atoms with E-state index in [1.807, 2.05) is 66.7 Å². The van der Waals surface area contributed by atoms with Gasteiger partial charge in [-0.3, -0.25) is 4.79 Å². The Morgan fingerprint density at radius 1 is 0.919 bits per heavy atom. The van der Waals surface area contributed by atoms with E-state index in [9.17, 15) is 9.90 Å². The summed E-state index contributed by atoms with van der Waals surface area (Å²) in [5.41, 5.74) is 11.0. The van der Waals surface area contributed by atoms with Crippen molar-refractivity contribution in [3.05, 3.63) is 95.6 Å². The highest BCUT2D eigenvalue weighted by Gasteiger charge is 2.17. The van der Waals surface area contributed by atoms with E-state index < -0.39 is 0 Å². The summed E-state index contributed by atoms with van der Waals surface area (Å²) in [5.74, 6) is 1.18. The standard InChI is InChI=1S/C29H29N5O3/c30-18-20-4-1-8-24(14-20)29(36)31-25-9-3-6-22(16-25)26-17-27(34-10-12-37-13-11-34)33-28(32-26)23-7-2-5-21(15-23)19-35/h1-9,14-17,35H,10-13,18-19,30H2,(H,31,36). The Morgan fingerprint density at radius 3 is 2.49 bits per heavy atom. The first-order valence-electron chi connectivity index (χ1n) is 12.3. The van der Waals surface area contributed by atoms with E-state index in [2.05, 4.69) is 10.2 Å². The fourth-order valence-corrected chi connectivity index (χ4v) is 4.27. The summed E-state index contributed by atoms with van der Waals surface area (Å²) in [5, 5.41) is 12.6. The fourth-order valence-electron chi connectivity index (χ4n) is 4.27. The van der Waals surface area contributed by atoms with Crippen LogP contribution in [-0.4, -0.2) is 47.3 Å². The third-order valence-electron chi connectivity index (χ3n) is 6.26. The Hall–Kier alpha value is -4.11. The van der Waals surface area contributed by atoms with E-state index in [4.69, 9.17) is 20.4 Å². The normalized spacial score (nSPS) is 13.4. The van der Waals surface area contributed by atoms with Crippen molar-refractivity contribution in [1.82, 2.24) is 9.97 Å². The lowest BCUT2D eigenvalue weighted by molar-refractivity contribution is 0.102. The molecular formula is C29H29N5O3. The van der Waals surface area contributed by atoms with Crippen LogP contribution < -0.4 is 16.0 Å². The third-order valence-corrected chi connectivity index (χ3v) is 6.26. The number of morpholine rings is 1. The summed E-state index contributed by atoms with van der Waals surface area (Å²) in [6, 6.07) is 24.5. The molecule has 0 saturated carbocycles. The van der Waals surface area contributed by atoms with Crippen LogP contribution >= 0.6 is 0 Å². The summed E-state index contributed by atoms with van der Waals surface area (Å²) >= 11 is 0. The molecule has 8 heteroatoms. The van der Waals surface area contributed by atoms with Crippen molar-refractivity contribution < 1.29 is 14.6 Å². The first-order chi connectivity index (χ1) is 18.1. The van der Waals surface area contributed by atoms with Crippen LogP contribution in [0.15, 0.2) is 78.9 Å². The van der Waals surface area contributed by atoms with Gasteiger partial charge in [-0.1, -0.05) is 42.5 Å². The van der Waals surface area contributed by atoms with Crippen molar-refractivity contribution in [2.24, 2.45) is 5.73 Å². The largest absolute Gasteiger partial charge is 0.392 e. The van der Waals surface area contributed by atoms with Crippen LogP contribution in [0.1, 0.15) is 21.5 Å². The minimum Gasteiger partial charge on any atom is -0.392 e. The van der Waals surface area contributed by atoms with Gasteiger partial charge in [0.25, 0.3) is 5.91 Å². The lowest BCUT2D eigenvalue weighted by Crippen LogP contribution is -2.36. The predicted molar refractivity (Wildman–Crippen MR) is 144 cm³/mol. The quantitative estimate of drug-likeness (QED) is 0.357. The zero-order valence-corrected chi connectivity index (χ0v) is 20.4. The van der Waals surface area contributed by atoms with Gasteiger partial charge in [-0.05, 0) is 41.5 Å². The third kappa shape index (κ3) is 5.83. The molecular weight excluding hydrogens is 466 g/mol. The molecule has 5 rings (SSSR count). The number of hydrogen-bond donors (Lipinski definition) is 3. The zero-order valence-electron chi connectivity index (χ0n) is 20.4. The highest BCUT2D eigenvalue weighted by Crippen LogP contribution is 2.28. The number of carbonyl (C=O) groups excluding carboxylic acids is 1. The number of amides is 1. The molecule has 1 aliphatic heterocycles. The van der Waals surface area contributed by atoms with Crippen LogP contribution in [0.2, 0.25) is 0 Å². The van der Waals surface area contributed by atoms with Crippen molar-refractivity contribution in [1.29, 1.82) is 0 Å². The summed E-state index contributed by atoms with van der Waals surface area (Å²) in [4.78, 5) is 24.8. The van der Waals surface area contributed by atoms with Crippen molar-refractivity contribution in [2.75, 3.05) is 36.5 Å². The molecule has 4 N–H and O–H groups in total. The number of nitrogens with zero attached hydrogens (tertiary/aromatic N) is 3. The number of nitrogens with one attached hydrogen (secondary N) is 1. The monoisotopic (exact) mass is 495 g/mol. The summed E-state index contributed by atoms with van der Waals surface area (Å²) < 4.78 is 5.52. The van der Waals surface area contributed by atoms with E-state index in [0.29, 0.717) is 36.8 Å². The highest BCUT2D eigenvalue weighted by molar-refractivity contribution is 6.04. The molecule has 2 heterocycles. The maximum atomic E-state index is 12.9. The van der Waals surface area contributed by atoms with Gasteiger partial charge in [0.05, 0.1) is 25.5 Å². The number of nitrogens with two attached hydrogens (primary N) is 1. The number of aliphatic hydroxyl groups is 1. The molecule has 188 valence electrons. The van der Waals surface area contributed by atoms with E-state index in [0.717, 1.165) is 46.9 Å². The molecule has 0 atom stereocenters. The van der Waals surface area contributed by atoms with E-state index in [1.165, 1.54) is 0 Å². The number of ether oxygens (including phenoxy) is 1. The zero-order chi connectivity index (χ0) is 25.6. The molecule has 1 fully saturated rings. The van der Waals surface area contributed by atoms with Gasteiger partial charge in [-0.25, -0.2) is 9.97 Å². The SMILES string of the molecule is NCc1cccc(C(=O)Nc2cccc(-c3cc(N4CCOCC4)nc(-c4cccc(CO)c4)n3)c2)c1. The lowest BCUT2D eigenvalue weighted by Gasteiger charge is -2.28. The Bertz CT molecular complexity index is 1400. The molecule has 0 bridgehead atoms. The number of hydrogen-bond acceptors (Lipinski definition) is 7. The summed E-state index contributed by atoms with van der Waals surface area (Å²) in [6.45, 7) is 3.08. The van der Waals surface area contributed by atoms with E-state index in [-0.39, 0.29) is 12.5 Å².